The number of hydrogen-bond donors (Lipinski definition) is 3. The number of methoxy groups -OCH3 is 2. The predicted molar refractivity (Wildman–Crippen MR) is 199 cm³/mol. The summed E-state index contributed by atoms with van der Waals surface area (Å²) < 4.78 is 51.0. The Hall–Kier alpha value is -2.72. The van der Waals surface area contributed by atoms with Crippen molar-refractivity contribution in [3.05, 3.63) is 35.6 Å². The molecule has 14 heteroatoms. The number of rotatable bonds is 10. The van der Waals surface area contributed by atoms with Gasteiger partial charge in [-0.15, -0.1) is 0 Å². The Kier molecular flexibility index (Phi) is 16.4. The number of aliphatic hydroxyl groups is 2. The molecule has 13 nitrogen and oxygen atoms in total. The number of carbonyl (C=O) groups excluding carboxylic acids is 3. The first-order valence-electron chi connectivity index (χ1n) is 19.1. The van der Waals surface area contributed by atoms with Crippen molar-refractivity contribution in [3.8, 4) is 0 Å². The largest absolute Gasteiger partial charge is 0.459 e. The molecular weight excluding hydrogens is 703 g/mol. The van der Waals surface area contributed by atoms with Crippen LogP contribution >= 0.6 is 0 Å². The van der Waals surface area contributed by atoms with E-state index in [0.29, 0.717) is 12.0 Å². The molecule has 1 amide bonds. The number of carbonyl (C=O) groups is 3. The van der Waals surface area contributed by atoms with E-state index in [9.17, 15) is 29.0 Å². The number of halogens is 1. The van der Waals surface area contributed by atoms with Crippen LogP contribution in [0.4, 0.5) is 9.18 Å². The first-order valence-corrected chi connectivity index (χ1v) is 19.1. The minimum atomic E-state index is -1.80. The van der Waals surface area contributed by atoms with Gasteiger partial charge in [-0.1, -0.05) is 45.9 Å². The van der Waals surface area contributed by atoms with Crippen LogP contribution in [-0.4, -0.2) is 128 Å². The number of amides is 1. The fourth-order valence-corrected chi connectivity index (χ4v) is 8.04. The summed E-state index contributed by atoms with van der Waals surface area (Å²) in [5.41, 5.74) is -2.59. The zero-order valence-electron chi connectivity index (χ0n) is 34.2. The van der Waals surface area contributed by atoms with E-state index in [2.05, 4.69) is 5.32 Å². The number of nitrogens with zero attached hydrogens (tertiary/aromatic N) is 1. The van der Waals surface area contributed by atoms with Gasteiger partial charge in [0.1, 0.15) is 35.5 Å². The Morgan fingerprint density at radius 2 is 1.72 bits per heavy atom. The fraction of sp³-hybridized carbons (Fsp3) is 0.775. The first-order chi connectivity index (χ1) is 25.2. The van der Waals surface area contributed by atoms with Crippen LogP contribution in [0.5, 0.6) is 0 Å². The second-order valence-corrected chi connectivity index (χ2v) is 15.9. The number of aliphatic hydroxyl groups excluding tert-OH is 1. The molecule has 2 heterocycles. The summed E-state index contributed by atoms with van der Waals surface area (Å²) in [6, 6.07) is 5.95. The molecule has 0 spiro atoms. The topological polar surface area (TPSA) is 162 Å². The van der Waals surface area contributed by atoms with Gasteiger partial charge >= 0.3 is 12.1 Å². The number of benzene rings is 1. The van der Waals surface area contributed by atoms with Crippen LogP contribution in [0, 0.1) is 29.5 Å². The van der Waals surface area contributed by atoms with E-state index in [1.165, 1.54) is 27.2 Å². The maximum absolute atomic E-state index is 14.3. The van der Waals surface area contributed by atoms with Gasteiger partial charge in [-0.3, -0.25) is 9.59 Å². The molecule has 0 aromatic heterocycles. The molecule has 1 aromatic carbocycles. The van der Waals surface area contributed by atoms with Gasteiger partial charge in [0, 0.05) is 51.0 Å². The van der Waals surface area contributed by atoms with E-state index in [0.717, 1.165) is 0 Å². The molecule has 3 rings (SSSR count). The highest BCUT2D eigenvalue weighted by Crippen LogP contribution is 2.39. The van der Waals surface area contributed by atoms with Crippen molar-refractivity contribution in [2.24, 2.45) is 23.7 Å². The van der Waals surface area contributed by atoms with Crippen LogP contribution in [0.1, 0.15) is 80.2 Å². The minimum absolute atomic E-state index is 0.0417. The molecule has 3 N–H and O–H groups in total. The maximum Gasteiger partial charge on any atom is 0.407 e. The van der Waals surface area contributed by atoms with E-state index in [4.69, 9.17) is 28.4 Å². The van der Waals surface area contributed by atoms with E-state index in [1.807, 2.05) is 25.9 Å². The van der Waals surface area contributed by atoms with Crippen molar-refractivity contribution < 1.29 is 57.4 Å². The smallest absolute Gasteiger partial charge is 0.407 e. The Morgan fingerprint density at radius 3 is 2.30 bits per heavy atom. The monoisotopic (exact) mass is 768 g/mol. The van der Waals surface area contributed by atoms with Crippen molar-refractivity contribution in [1.82, 2.24) is 10.2 Å². The molecule has 2 fully saturated rings. The number of Topliss-reactive ketones (excluding diaryl/α,β-unsaturated/α-hetero) is 1. The fourth-order valence-electron chi connectivity index (χ4n) is 8.04. The third-order valence-electron chi connectivity index (χ3n) is 11.8. The average Bonchev–Trinajstić information content (AvgIpc) is 3.12. The van der Waals surface area contributed by atoms with Gasteiger partial charge < -0.3 is 48.9 Å². The second kappa shape index (κ2) is 19.4. The number of ether oxygens (including phenoxy) is 6. The van der Waals surface area contributed by atoms with Crippen LogP contribution in [-0.2, 0) is 44.4 Å². The molecule has 14 atom stereocenters. The summed E-state index contributed by atoms with van der Waals surface area (Å²) in [6.07, 6.45) is -6.65. The molecule has 0 radical (unpaired) electrons. The van der Waals surface area contributed by atoms with E-state index in [1.54, 1.807) is 59.7 Å². The molecule has 0 saturated carbocycles. The first kappa shape index (κ1) is 45.7. The summed E-state index contributed by atoms with van der Waals surface area (Å²) >= 11 is 0. The van der Waals surface area contributed by atoms with E-state index in [-0.39, 0.29) is 43.7 Å². The minimum Gasteiger partial charge on any atom is -0.459 e. The van der Waals surface area contributed by atoms with Crippen LogP contribution in [0.2, 0.25) is 0 Å². The van der Waals surface area contributed by atoms with Crippen molar-refractivity contribution >= 4 is 17.8 Å². The molecule has 0 bridgehead atoms. The normalized spacial score (nSPS) is 38.7. The highest BCUT2D eigenvalue weighted by atomic mass is 19.1. The lowest BCUT2D eigenvalue weighted by atomic mass is 9.72. The lowest BCUT2D eigenvalue weighted by Gasteiger charge is -2.46. The maximum atomic E-state index is 14.3. The van der Waals surface area contributed by atoms with Crippen molar-refractivity contribution in [2.45, 2.75) is 141 Å². The summed E-state index contributed by atoms with van der Waals surface area (Å²) in [5, 5.41) is 26.1. The Balaban J connectivity index is 2.12. The lowest BCUT2D eigenvalue weighted by Crippen LogP contribution is -2.59. The number of nitrogens with one attached hydrogen (secondary N) is 1. The van der Waals surface area contributed by atoms with Gasteiger partial charge in [0.15, 0.2) is 6.29 Å². The van der Waals surface area contributed by atoms with E-state index >= 15 is 0 Å². The molecule has 2 saturated heterocycles. The summed E-state index contributed by atoms with van der Waals surface area (Å²) in [4.78, 5) is 43.7. The van der Waals surface area contributed by atoms with Crippen molar-refractivity contribution in [1.29, 1.82) is 0 Å². The summed E-state index contributed by atoms with van der Waals surface area (Å²) in [5.74, 6) is -4.95. The van der Waals surface area contributed by atoms with Gasteiger partial charge in [0.2, 0.25) is 0 Å². The van der Waals surface area contributed by atoms with Crippen molar-refractivity contribution in [3.63, 3.8) is 0 Å². The second-order valence-electron chi connectivity index (χ2n) is 15.9. The third kappa shape index (κ3) is 10.6. The molecule has 1 aromatic rings. The van der Waals surface area contributed by atoms with Gasteiger partial charge in [0.25, 0.3) is 0 Å². The van der Waals surface area contributed by atoms with Crippen LogP contribution < -0.4 is 5.32 Å². The molecule has 1 unspecified atom stereocenters. The number of alkyl carbamates (subject to hydrolysis) is 1. The van der Waals surface area contributed by atoms with Crippen molar-refractivity contribution in [2.75, 3.05) is 34.9 Å². The number of hydrogen-bond acceptors (Lipinski definition) is 12. The SMILES string of the molecule is CC[C@H]1OC(=O)[C@H](C)[C@@H](OC(=O)NCCc2ccccc2F)[C@H](C)[C@@H](O[C@@H]2O[C@H](C)C[C@H](N(C)C)[C@H]2O)C[C@@](C)(OC)[C@@H](C)C(=O)C(C)[C@@H](OC)[C@]1(C)O. The predicted octanol–water partition coefficient (Wildman–Crippen LogP) is 4.28. The van der Waals surface area contributed by atoms with Gasteiger partial charge in [-0.2, -0.15) is 0 Å². The molecule has 308 valence electrons. The molecule has 2 aliphatic rings. The molecule has 0 aliphatic carbocycles. The van der Waals surface area contributed by atoms with Gasteiger partial charge in [0.05, 0.1) is 29.8 Å². The number of ketones is 1. The van der Waals surface area contributed by atoms with Crippen LogP contribution in [0.15, 0.2) is 24.3 Å². The van der Waals surface area contributed by atoms with Crippen LogP contribution in [0.25, 0.3) is 0 Å². The number of cyclic esters (lactones) is 1. The summed E-state index contributed by atoms with van der Waals surface area (Å²) in [7, 11) is 6.60. The van der Waals surface area contributed by atoms with Gasteiger partial charge in [-0.05, 0) is 72.7 Å². The van der Waals surface area contributed by atoms with E-state index < -0.39 is 89.6 Å². The zero-order valence-corrected chi connectivity index (χ0v) is 34.2. The average molecular weight is 769 g/mol. The lowest BCUT2D eigenvalue weighted by molar-refractivity contribution is -0.282. The quantitative estimate of drug-likeness (QED) is 0.290. The Bertz CT molecular complexity index is 1400. The third-order valence-corrected chi connectivity index (χ3v) is 11.8. The number of esters is 1. The highest BCUT2D eigenvalue weighted by Gasteiger charge is 2.52. The number of likely N-dealkylation sites (N-methyl/N-ethyl adjacent to an activating group) is 1. The molecule has 2 aliphatic heterocycles. The summed E-state index contributed by atoms with van der Waals surface area (Å²) in [6.45, 7) is 13.6. The molecule has 54 heavy (non-hydrogen) atoms. The highest BCUT2D eigenvalue weighted by molar-refractivity contribution is 5.84. The van der Waals surface area contributed by atoms with Crippen LogP contribution in [0.3, 0.4) is 0 Å². The zero-order chi connectivity index (χ0) is 40.7. The Morgan fingerprint density at radius 1 is 1.07 bits per heavy atom. The Labute approximate surface area is 320 Å². The standard InChI is InChI=1S/C40H65FN2O11/c1-13-31-40(8,48)35(49-11)24(4)32(44)26(6)39(7,50-12)21-30(52-37-33(45)29(43(9)10)20-22(2)51-37)23(3)34(25(5)36(46)53-31)54-38(47)42-19-18-27-16-14-15-17-28(27)41/h14-17,22-26,29-31,33-35,37,45,48H,13,18-21H2,1-12H3,(H,42,47)/t22-,23-,24?,25-,26+,29+,30+,31-,33-,34+,35-,37+,39-,40-/m1/s1. The molecular formula is C40H65FN2O11. The van der Waals surface area contributed by atoms with Gasteiger partial charge in [-0.25, -0.2) is 9.18 Å².